The number of likely N-dealkylation sites (N-methyl/N-ethyl adjacent to an activating group) is 1. The third kappa shape index (κ3) is 5.42. The van der Waals surface area contributed by atoms with Crippen LogP contribution < -0.4 is 15.0 Å². The minimum absolute atomic E-state index is 0.777. The van der Waals surface area contributed by atoms with Gasteiger partial charge < -0.3 is 15.0 Å². The number of benzene rings is 2. The van der Waals surface area contributed by atoms with E-state index in [1.54, 1.807) is 7.11 Å². The highest BCUT2D eigenvalue weighted by molar-refractivity contribution is 5.64. The van der Waals surface area contributed by atoms with Crippen LogP contribution in [0.5, 0.6) is 5.75 Å². The maximum absolute atomic E-state index is 5.40. The number of hydrogen-bond donors (Lipinski definition) is 2. The van der Waals surface area contributed by atoms with Crippen LogP contribution in [0.4, 0.5) is 0 Å². The number of aromatic nitrogens is 2. The molecule has 0 amide bonds. The van der Waals surface area contributed by atoms with Gasteiger partial charge in [0.25, 0.3) is 0 Å². The van der Waals surface area contributed by atoms with Crippen molar-refractivity contribution in [3.05, 3.63) is 71.9 Å². The van der Waals surface area contributed by atoms with Crippen molar-refractivity contribution < 1.29 is 15.0 Å². The molecule has 0 bridgehead atoms. The Morgan fingerprint density at radius 2 is 1.89 bits per heavy atom. The average Bonchev–Trinajstić information content (AvgIpc) is 3.08. The van der Waals surface area contributed by atoms with Gasteiger partial charge in [0.15, 0.2) is 0 Å². The summed E-state index contributed by atoms with van der Waals surface area (Å²) in [7, 11) is 6.08. The van der Waals surface area contributed by atoms with Crippen molar-refractivity contribution in [1.82, 2.24) is 9.78 Å². The molecule has 1 aromatic heterocycles. The molecule has 27 heavy (non-hydrogen) atoms. The smallest absolute Gasteiger partial charge is 0.126 e. The SMILES string of the molecule is COc1cccc(-c2nn(Cc3ccccc3)cc2C[NH2+]CC[NH+](C)C)c1. The summed E-state index contributed by atoms with van der Waals surface area (Å²) < 4.78 is 7.44. The Hall–Kier alpha value is -2.63. The number of nitrogens with two attached hydrogens (primary N) is 1. The van der Waals surface area contributed by atoms with Crippen LogP contribution >= 0.6 is 0 Å². The molecule has 0 saturated carbocycles. The van der Waals surface area contributed by atoms with Crippen molar-refractivity contribution in [3.8, 4) is 17.0 Å². The van der Waals surface area contributed by atoms with Gasteiger partial charge >= 0.3 is 0 Å². The Morgan fingerprint density at radius 3 is 2.63 bits per heavy atom. The second kappa shape index (κ2) is 9.35. The Balaban J connectivity index is 1.84. The molecule has 0 aliphatic carbocycles. The third-order valence-corrected chi connectivity index (χ3v) is 4.58. The van der Waals surface area contributed by atoms with Crippen molar-refractivity contribution in [1.29, 1.82) is 0 Å². The van der Waals surface area contributed by atoms with Crippen LogP contribution in [0.15, 0.2) is 60.8 Å². The second-order valence-electron chi connectivity index (χ2n) is 7.16. The van der Waals surface area contributed by atoms with Gasteiger partial charge in [0.2, 0.25) is 0 Å². The first kappa shape index (κ1) is 19.1. The zero-order valence-electron chi connectivity index (χ0n) is 16.5. The molecule has 142 valence electrons. The first-order valence-electron chi connectivity index (χ1n) is 9.51. The van der Waals surface area contributed by atoms with E-state index >= 15 is 0 Å². The zero-order chi connectivity index (χ0) is 19.1. The molecule has 0 radical (unpaired) electrons. The summed E-state index contributed by atoms with van der Waals surface area (Å²) in [6.45, 7) is 3.95. The number of rotatable bonds is 9. The highest BCUT2D eigenvalue weighted by Crippen LogP contribution is 2.25. The summed E-state index contributed by atoms with van der Waals surface area (Å²) in [6, 6.07) is 18.6. The van der Waals surface area contributed by atoms with Crippen molar-refractivity contribution in [2.24, 2.45) is 0 Å². The van der Waals surface area contributed by atoms with Gasteiger partial charge in [-0.25, -0.2) is 0 Å². The first-order valence-corrected chi connectivity index (χ1v) is 9.51. The summed E-state index contributed by atoms with van der Waals surface area (Å²) >= 11 is 0. The van der Waals surface area contributed by atoms with E-state index in [1.807, 2.05) is 22.9 Å². The first-order chi connectivity index (χ1) is 13.2. The van der Waals surface area contributed by atoms with Gasteiger partial charge in [-0.15, -0.1) is 0 Å². The summed E-state index contributed by atoms with van der Waals surface area (Å²) in [5.41, 5.74) is 4.65. The van der Waals surface area contributed by atoms with Crippen molar-refractivity contribution in [2.45, 2.75) is 13.1 Å². The number of nitrogens with one attached hydrogen (secondary N) is 1. The molecule has 3 aromatic rings. The van der Waals surface area contributed by atoms with Crippen LogP contribution in [0.1, 0.15) is 11.1 Å². The van der Waals surface area contributed by atoms with Gasteiger partial charge in [-0.05, 0) is 17.7 Å². The maximum Gasteiger partial charge on any atom is 0.126 e. The fourth-order valence-corrected chi connectivity index (χ4v) is 3.13. The lowest BCUT2D eigenvalue weighted by Crippen LogP contribution is -3.09. The van der Waals surface area contributed by atoms with Crippen LogP contribution in [0.3, 0.4) is 0 Å². The van der Waals surface area contributed by atoms with Crippen LogP contribution in [0.25, 0.3) is 11.3 Å². The molecule has 3 N–H and O–H groups in total. The number of ether oxygens (including phenoxy) is 1. The summed E-state index contributed by atoms with van der Waals surface area (Å²) in [4.78, 5) is 1.47. The van der Waals surface area contributed by atoms with Crippen molar-refractivity contribution in [3.63, 3.8) is 0 Å². The molecule has 0 spiro atoms. The fourth-order valence-electron chi connectivity index (χ4n) is 3.13. The Morgan fingerprint density at radius 1 is 1.07 bits per heavy atom. The quantitative estimate of drug-likeness (QED) is 0.551. The standard InChI is InChI=1S/C22H28N4O/c1-25(2)13-12-23-15-20-17-26(16-18-8-5-4-6-9-18)24-22(20)19-10-7-11-21(14-19)27-3/h4-11,14,17,23H,12-13,15-16H2,1-3H3/p+2. The molecule has 1 heterocycles. The molecule has 0 aliphatic rings. The van der Waals surface area contributed by atoms with E-state index in [0.29, 0.717) is 0 Å². The molecule has 3 rings (SSSR count). The lowest BCUT2D eigenvalue weighted by Gasteiger charge is -2.07. The normalized spacial score (nSPS) is 11.1. The van der Waals surface area contributed by atoms with Crippen LogP contribution in [0, 0.1) is 0 Å². The molecule has 0 unspecified atom stereocenters. The number of nitrogens with zero attached hydrogens (tertiary/aromatic N) is 2. The highest BCUT2D eigenvalue weighted by atomic mass is 16.5. The molecule has 2 aromatic carbocycles. The lowest BCUT2D eigenvalue weighted by atomic mass is 10.1. The van der Waals surface area contributed by atoms with Gasteiger partial charge in [0.05, 0.1) is 33.3 Å². The third-order valence-electron chi connectivity index (χ3n) is 4.58. The molecule has 5 heteroatoms. The Kier molecular flexibility index (Phi) is 6.63. The van der Waals surface area contributed by atoms with Crippen molar-refractivity contribution >= 4 is 0 Å². The summed E-state index contributed by atoms with van der Waals surface area (Å²) in [5.74, 6) is 0.858. The minimum atomic E-state index is 0.777. The van der Waals surface area contributed by atoms with Gasteiger partial charge in [-0.1, -0.05) is 42.5 Å². The molecule has 0 atom stereocenters. The van der Waals surface area contributed by atoms with E-state index in [1.165, 1.54) is 16.0 Å². The van der Waals surface area contributed by atoms with Crippen LogP contribution in [-0.2, 0) is 13.1 Å². The van der Waals surface area contributed by atoms with Gasteiger partial charge in [0, 0.05) is 11.8 Å². The lowest BCUT2D eigenvalue weighted by molar-refractivity contribution is -0.875. The average molecular weight is 367 g/mol. The maximum atomic E-state index is 5.40. The number of hydrogen-bond acceptors (Lipinski definition) is 2. The highest BCUT2D eigenvalue weighted by Gasteiger charge is 2.14. The van der Waals surface area contributed by atoms with Gasteiger partial charge in [-0.3, -0.25) is 4.68 Å². The van der Waals surface area contributed by atoms with Gasteiger partial charge in [0.1, 0.15) is 31.1 Å². The molecular weight excluding hydrogens is 336 g/mol. The van der Waals surface area contributed by atoms with E-state index in [4.69, 9.17) is 9.84 Å². The molecule has 5 nitrogen and oxygen atoms in total. The van der Waals surface area contributed by atoms with E-state index < -0.39 is 0 Å². The summed E-state index contributed by atoms with van der Waals surface area (Å²) in [5, 5.41) is 7.26. The predicted octanol–water partition coefficient (Wildman–Crippen LogP) is 0.815. The molecular formula is C22H30N4O+2. The zero-order valence-corrected chi connectivity index (χ0v) is 16.5. The van der Waals surface area contributed by atoms with Crippen molar-refractivity contribution in [2.75, 3.05) is 34.3 Å². The topological polar surface area (TPSA) is 48.1 Å². The van der Waals surface area contributed by atoms with E-state index in [0.717, 1.165) is 43.2 Å². The van der Waals surface area contributed by atoms with E-state index in [9.17, 15) is 0 Å². The molecule has 0 saturated heterocycles. The number of methoxy groups -OCH3 is 1. The molecule has 0 fully saturated rings. The van der Waals surface area contributed by atoms with E-state index in [2.05, 4.69) is 62.0 Å². The minimum Gasteiger partial charge on any atom is -0.497 e. The van der Waals surface area contributed by atoms with Gasteiger partial charge in [-0.2, -0.15) is 5.10 Å². The molecule has 0 aliphatic heterocycles. The largest absolute Gasteiger partial charge is 0.497 e. The van der Waals surface area contributed by atoms with Crippen LogP contribution in [-0.4, -0.2) is 44.1 Å². The number of quaternary nitrogens is 2. The Bertz CT molecular complexity index is 843. The Labute approximate surface area is 161 Å². The monoisotopic (exact) mass is 366 g/mol. The predicted molar refractivity (Wildman–Crippen MR) is 108 cm³/mol. The van der Waals surface area contributed by atoms with Crippen LogP contribution in [0.2, 0.25) is 0 Å². The fraction of sp³-hybridized carbons (Fsp3) is 0.318. The van der Waals surface area contributed by atoms with E-state index in [-0.39, 0.29) is 0 Å². The second-order valence-corrected chi connectivity index (χ2v) is 7.16. The summed E-state index contributed by atoms with van der Waals surface area (Å²) in [6.07, 6.45) is 2.18.